The number of nitrogens with zero attached hydrogens (tertiary/aromatic N) is 2. The average molecular weight is 495 g/mol. The minimum absolute atomic E-state index is 0.0894. The van der Waals surface area contributed by atoms with E-state index in [4.69, 9.17) is 11.6 Å². The first-order valence-electron chi connectivity index (χ1n) is 10.2. The Hall–Kier alpha value is -1.26. The first-order valence-corrected chi connectivity index (χ1v) is 13.3. The van der Waals surface area contributed by atoms with Gasteiger partial charge in [-0.3, -0.25) is 4.79 Å². The van der Waals surface area contributed by atoms with Crippen molar-refractivity contribution in [3.63, 3.8) is 0 Å². The minimum Gasteiger partial charge on any atom is -0.316 e. The average Bonchev–Trinajstić information content (AvgIpc) is 3.34. The molecule has 2 atom stereocenters. The van der Waals surface area contributed by atoms with Crippen LogP contribution in [0.25, 0.3) is 0 Å². The fourth-order valence-electron chi connectivity index (χ4n) is 4.54. The summed E-state index contributed by atoms with van der Waals surface area (Å²) in [6.07, 6.45) is 0.941. The van der Waals surface area contributed by atoms with Gasteiger partial charge < -0.3 is 4.90 Å². The monoisotopic (exact) mass is 494 g/mol. The van der Waals surface area contributed by atoms with E-state index in [1.807, 2.05) is 0 Å². The van der Waals surface area contributed by atoms with Gasteiger partial charge in [-0.2, -0.15) is 18.2 Å². The van der Waals surface area contributed by atoms with Gasteiger partial charge >= 0.3 is 6.18 Å². The third kappa shape index (κ3) is 5.06. The van der Waals surface area contributed by atoms with Gasteiger partial charge in [0.2, 0.25) is 5.91 Å². The standard InChI is InChI=1S/C20H22ClF3N2O3S2/c21-15-7-6-13(9-14(15)20(22,23)24)26-16-10-31(28,29)11-17(16)30-19(26)25-18(27)8-5-12-3-1-2-4-12/h6-7,9,12,16-17H,1-5,8,10-11H2. The van der Waals surface area contributed by atoms with Crippen molar-refractivity contribution < 1.29 is 26.4 Å². The van der Waals surface area contributed by atoms with Crippen molar-refractivity contribution in [2.75, 3.05) is 16.4 Å². The summed E-state index contributed by atoms with van der Waals surface area (Å²) in [5, 5.41) is -0.557. The predicted molar refractivity (Wildman–Crippen MR) is 116 cm³/mol. The number of aliphatic imine (C=N–C) groups is 1. The number of anilines is 1. The van der Waals surface area contributed by atoms with Crippen LogP contribution in [-0.2, 0) is 20.8 Å². The number of thioether (sulfide) groups is 1. The zero-order chi connectivity index (χ0) is 22.4. The molecule has 0 radical (unpaired) electrons. The number of alkyl halides is 3. The van der Waals surface area contributed by atoms with Gasteiger partial charge in [-0.1, -0.05) is 49.0 Å². The van der Waals surface area contributed by atoms with Crippen molar-refractivity contribution in [3.05, 3.63) is 28.8 Å². The second-order valence-corrected chi connectivity index (χ2v) is 12.1. The lowest BCUT2D eigenvalue weighted by molar-refractivity contribution is -0.137. The molecular formula is C20H22ClF3N2O3S2. The van der Waals surface area contributed by atoms with E-state index < -0.39 is 32.6 Å². The number of benzene rings is 1. The zero-order valence-electron chi connectivity index (χ0n) is 16.6. The number of amidine groups is 1. The molecule has 1 aromatic carbocycles. The van der Waals surface area contributed by atoms with Crippen LogP contribution in [0, 0.1) is 5.92 Å². The number of rotatable bonds is 4. The second-order valence-electron chi connectivity index (χ2n) is 8.31. The van der Waals surface area contributed by atoms with E-state index in [1.165, 1.54) is 23.8 Å². The van der Waals surface area contributed by atoms with Crippen LogP contribution in [0.5, 0.6) is 0 Å². The molecule has 5 nitrogen and oxygen atoms in total. The van der Waals surface area contributed by atoms with Crippen molar-refractivity contribution >= 4 is 50.0 Å². The fourth-order valence-corrected chi connectivity index (χ4v) is 8.69. The summed E-state index contributed by atoms with van der Waals surface area (Å²) in [6, 6.07) is 2.87. The van der Waals surface area contributed by atoms with Crippen LogP contribution in [0.3, 0.4) is 0 Å². The summed E-state index contributed by atoms with van der Waals surface area (Å²) in [6.45, 7) is 0. The number of fused-ring (bicyclic) bond motifs is 1. The molecule has 11 heteroatoms. The molecule has 2 unspecified atom stereocenters. The molecule has 1 amide bonds. The highest BCUT2D eigenvalue weighted by atomic mass is 35.5. The van der Waals surface area contributed by atoms with Gasteiger partial charge in [-0.15, -0.1) is 0 Å². The Morgan fingerprint density at radius 2 is 1.94 bits per heavy atom. The van der Waals surface area contributed by atoms with Crippen LogP contribution in [0.2, 0.25) is 5.02 Å². The molecule has 2 aliphatic heterocycles. The lowest BCUT2D eigenvalue weighted by atomic mass is 10.0. The highest BCUT2D eigenvalue weighted by Gasteiger charge is 2.49. The summed E-state index contributed by atoms with van der Waals surface area (Å²) < 4.78 is 64.4. The molecule has 31 heavy (non-hydrogen) atoms. The lowest BCUT2D eigenvalue weighted by Gasteiger charge is -2.25. The van der Waals surface area contributed by atoms with E-state index >= 15 is 0 Å². The first-order chi connectivity index (χ1) is 14.5. The molecule has 1 saturated carbocycles. The number of amides is 1. The van der Waals surface area contributed by atoms with Crippen LogP contribution in [0.4, 0.5) is 18.9 Å². The van der Waals surface area contributed by atoms with E-state index in [-0.39, 0.29) is 39.9 Å². The van der Waals surface area contributed by atoms with Gasteiger partial charge in [0.05, 0.1) is 28.1 Å². The summed E-state index contributed by atoms with van der Waals surface area (Å²) in [5.74, 6) is -0.0866. The van der Waals surface area contributed by atoms with Gasteiger partial charge in [0.15, 0.2) is 15.0 Å². The number of carbonyl (C=O) groups is 1. The van der Waals surface area contributed by atoms with Crippen molar-refractivity contribution in [2.45, 2.75) is 56.0 Å². The summed E-state index contributed by atoms with van der Waals surface area (Å²) in [4.78, 5) is 18.2. The Morgan fingerprint density at radius 1 is 1.23 bits per heavy atom. The zero-order valence-corrected chi connectivity index (χ0v) is 19.0. The molecule has 0 N–H and O–H groups in total. The molecule has 3 fully saturated rings. The predicted octanol–water partition coefficient (Wildman–Crippen LogP) is 4.93. The number of hydrogen-bond acceptors (Lipinski definition) is 4. The SMILES string of the molecule is O=C(CCC1CCCC1)N=C1SC2CS(=O)(=O)CC2N1c1ccc(Cl)c(C(F)(F)F)c1. The van der Waals surface area contributed by atoms with Crippen LogP contribution >= 0.6 is 23.4 Å². The first kappa shape index (κ1) is 22.9. The van der Waals surface area contributed by atoms with Gasteiger partial charge in [-0.25, -0.2) is 8.42 Å². The maximum atomic E-state index is 13.4. The minimum atomic E-state index is -4.66. The van der Waals surface area contributed by atoms with Crippen molar-refractivity contribution in [2.24, 2.45) is 10.9 Å². The fraction of sp³-hybridized carbons (Fsp3) is 0.600. The number of halogens is 4. The molecule has 2 saturated heterocycles. The van der Waals surface area contributed by atoms with Gasteiger partial charge in [0.1, 0.15) is 0 Å². The molecule has 0 spiro atoms. The Balaban J connectivity index is 1.63. The third-order valence-corrected chi connectivity index (χ3v) is 9.60. The number of carbonyl (C=O) groups excluding carboxylic acids is 1. The summed E-state index contributed by atoms with van der Waals surface area (Å²) in [7, 11) is -3.32. The third-order valence-electron chi connectivity index (χ3n) is 6.06. The molecule has 1 aromatic rings. The van der Waals surface area contributed by atoms with Crippen molar-refractivity contribution in [1.29, 1.82) is 0 Å². The van der Waals surface area contributed by atoms with Crippen molar-refractivity contribution in [3.8, 4) is 0 Å². The molecule has 170 valence electrons. The van der Waals surface area contributed by atoms with Gasteiger partial charge in [0.25, 0.3) is 0 Å². The Morgan fingerprint density at radius 3 is 2.61 bits per heavy atom. The maximum Gasteiger partial charge on any atom is 0.417 e. The largest absolute Gasteiger partial charge is 0.417 e. The van der Waals surface area contributed by atoms with E-state index in [0.717, 1.165) is 43.2 Å². The van der Waals surface area contributed by atoms with E-state index in [9.17, 15) is 26.4 Å². The normalized spacial score (nSPS) is 27.2. The van der Waals surface area contributed by atoms with Crippen molar-refractivity contribution in [1.82, 2.24) is 0 Å². The molecule has 3 aliphatic rings. The van der Waals surface area contributed by atoms with E-state index in [2.05, 4.69) is 4.99 Å². The number of hydrogen-bond donors (Lipinski definition) is 0. The van der Waals surface area contributed by atoms with Crippen LogP contribution < -0.4 is 4.90 Å². The van der Waals surface area contributed by atoms with Crippen LogP contribution in [0.15, 0.2) is 23.2 Å². The molecule has 1 aliphatic carbocycles. The number of sulfone groups is 1. The topological polar surface area (TPSA) is 66.8 Å². The molecular weight excluding hydrogens is 473 g/mol. The molecule has 0 bridgehead atoms. The lowest BCUT2D eigenvalue weighted by Crippen LogP contribution is -2.37. The quantitative estimate of drug-likeness (QED) is 0.593. The summed E-state index contributed by atoms with van der Waals surface area (Å²) in [5.41, 5.74) is -0.871. The molecule has 4 rings (SSSR count). The van der Waals surface area contributed by atoms with E-state index in [0.29, 0.717) is 5.92 Å². The second kappa shape index (κ2) is 8.59. The van der Waals surface area contributed by atoms with Gasteiger partial charge in [-0.05, 0) is 30.5 Å². The Kier molecular flexibility index (Phi) is 6.35. The molecule has 2 heterocycles. The highest BCUT2D eigenvalue weighted by Crippen LogP contribution is 2.43. The summed E-state index contributed by atoms with van der Waals surface area (Å²) >= 11 is 6.90. The highest BCUT2D eigenvalue weighted by molar-refractivity contribution is 8.16. The Labute approximate surface area is 188 Å². The smallest absolute Gasteiger partial charge is 0.316 e. The van der Waals surface area contributed by atoms with Crippen LogP contribution in [-0.4, -0.2) is 42.3 Å². The molecule has 0 aromatic heterocycles. The van der Waals surface area contributed by atoms with Crippen LogP contribution in [0.1, 0.15) is 44.1 Å². The van der Waals surface area contributed by atoms with E-state index in [1.54, 1.807) is 0 Å². The maximum absolute atomic E-state index is 13.4. The van der Waals surface area contributed by atoms with Gasteiger partial charge in [0, 0.05) is 17.4 Å². The Bertz CT molecular complexity index is 1010.